The molecular formula is C15H17IN2O. The Morgan fingerprint density at radius 3 is 2.89 bits per heavy atom. The van der Waals surface area contributed by atoms with Gasteiger partial charge in [-0.05, 0) is 58.8 Å². The van der Waals surface area contributed by atoms with E-state index in [0.29, 0.717) is 6.61 Å². The number of hydrogen-bond acceptors (Lipinski definition) is 3. The number of ether oxygens (including phenoxy) is 1. The van der Waals surface area contributed by atoms with E-state index in [0.717, 1.165) is 33.7 Å². The summed E-state index contributed by atoms with van der Waals surface area (Å²) in [5.41, 5.74) is 1.12. The van der Waals surface area contributed by atoms with Crippen LogP contribution in [0.4, 0.5) is 5.82 Å². The quantitative estimate of drug-likeness (QED) is 0.780. The maximum atomic E-state index is 5.82. The first-order valence-corrected chi connectivity index (χ1v) is 7.43. The number of rotatable bonds is 6. The molecule has 0 aliphatic carbocycles. The molecular weight excluding hydrogens is 351 g/mol. The second kappa shape index (κ2) is 7.33. The third-order valence-electron chi connectivity index (χ3n) is 2.61. The number of aromatic nitrogens is 1. The van der Waals surface area contributed by atoms with Crippen LogP contribution in [0.5, 0.6) is 5.75 Å². The second-order valence-corrected chi connectivity index (χ2v) is 5.36. The summed E-state index contributed by atoms with van der Waals surface area (Å²) in [6.07, 6.45) is 2.90. The Hall–Kier alpha value is -1.30. The molecule has 3 nitrogen and oxygen atoms in total. The average molecular weight is 368 g/mol. The summed E-state index contributed by atoms with van der Waals surface area (Å²) in [5, 5.41) is 3.28. The number of nitrogens with one attached hydrogen (secondary N) is 1. The number of pyridine rings is 1. The van der Waals surface area contributed by atoms with E-state index >= 15 is 0 Å². The first kappa shape index (κ1) is 14.1. The number of hydrogen-bond donors (Lipinski definition) is 1. The van der Waals surface area contributed by atoms with E-state index in [2.05, 4.69) is 39.8 Å². The minimum Gasteiger partial charge on any atom is -0.488 e. The molecule has 1 aromatic carbocycles. The molecule has 4 heteroatoms. The fourth-order valence-corrected chi connectivity index (χ4v) is 2.18. The predicted octanol–water partition coefficient (Wildman–Crippen LogP) is 4.09. The van der Waals surface area contributed by atoms with Crippen molar-refractivity contribution in [2.24, 2.45) is 0 Å². The molecule has 0 saturated heterocycles. The molecule has 0 atom stereocenters. The molecule has 2 rings (SSSR count). The van der Waals surface area contributed by atoms with E-state index in [1.807, 2.05) is 42.6 Å². The van der Waals surface area contributed by atoms with E-state index in [4.69, 9.17) is 4.74 Å². The van der Waals surface area contributed by atoms with Crippen molar-refractivity contribution in [2.45, 2.75) is 20.0 Å². The highest BCUT2D eigenvalue weighted by atomic mass is 127. The van der Waals surface area contributed by atoms with Crippen molar-refractivity contribution >= 4 is 28.4 Å². The summed E-state index contributed by atoms with van der Waals surface area (Å²) in [5.74, 6) is 1.83. The molecule has 0 unspecified atom stereocenters. The van der Waals surface area contributed by atoms with E-state index in [1.54, 1.807) is 0 Å². The van der Waals surface area contributed by atoms with Gasteiger partial charge in [0.1, 0.15) is 18.2 Å². The lowest BCUT2D eigenvalue weighted by Gasteiger charge is -2.09. The van der Waals surface area contributed by atoms with Crippen LogP contribution >= 0.6 is 22.6 Å². The highest BCUT2D eigenvalue weighted by molar-refractivity contribution is 14.1. The Labute approximate surface area is 127 Å². The summed E-state index contributed by atoms with van der Waals surface area (Å²) >= 11 is 2.28. The van der Waals surface area contributed by atoms with Gasteiger partial charge in [0.15, 0.2) is 0 Å². The summed E-state index contributed by atoms with van der Waals surface area (Å²) in [4.78, 5) is 4.28. The molecule has 0 fully saturated rings. The highest BCUT2D eigenvalue weighted by Gasteiger charge is 2.01. The van der Waals surface area contributed by atoms with Gasteiger partial charge in [0.2, 0.25) is 0 Å². The van der Waals surface area contributed by atoms with Crippen molar-refractivity contribution in [2.75, 3.05) is 11.9 Å². The van der Waals surface area contributed by atoms with Crippen molar-refractivity contribution < 1.29 is 4.74 Å². The molecule has 2 aromatic rings. The Morgan fingerprint density at radius 2 is 2.11 bits per heavy atom. The molecule has 1 aromatic heterocycles. The molecule has 1 heterocycles. The number of halogens is 1. The largest absolute Gasteiger partial charge is 0.488 e. The van der Waals surface area contributed by atoms with Crippen LogP contribution in [0.25, 0.3) is 0 Å². The maximum absolute atomic E-state index is 5.82. The van der Waals surface area contributed by atoms with Gasteiger partial charge in [0.25, 0.3) is 0 Å². The van der Waals surface area contributed by atoms with Gasteiger partial charge >= 0.3 is 0 Å². The van der Waals surface area contributed by atoms with Crippen LogP contribution in [-0.2, 0) is 6.61 Å². The molecule has 0 bridgehead atoms. The summed E-state index contributed by atoms with van der Waals surface area (Å²) < 4.78 is 6.94. The molecule has 19 heavy (non-hydrogen) atoms. The summed E-state index contributed by atoms with van der Waals surface area (Å²) in [7, 11) is 0. The van der Waals surface area contributed by atoms with Crippen molar-refractivity contribution in [3.8, 4) is 5.75 Å². The number of benzene rings is 1. The van der Waals surface area contributed by atoms with Crippen molar-refractivity contribution in [3.63, 3.8) is 0 Å². The van der Waals surface area contributed by atoms with Crippen LogP contribution < -0.4 is 10.1 Å². The minimum absolute atomic E-state index is 0.559. The van der Waals surface area contributed by atoms with Crippen LogP contribution in [0.15, 0.2) is 42.6 Å². The van der Waals surface area contributed by atoms with Gasteiger partial charge in [-0.1, -0.05) is 19.1 Å². The standard InChI is InChI=1S/C15H17IN2O/c1-2-8-17-15-10-12(7-9-18-15)11-19-14-6-4-3-5-13(14)16/h3-7,9-10H,2,8,11H2,1H3,(H,17,18). The third-order valence-corrected chi connectivity index (χ3v) is 3.50. The van der Waals surface area contributed by atoms with Gasteiger partial charge in [0.05, 0.1) is 3.57 Å². The lowest BCUT2D eigenvalue weighted by Crippen LogP contribution is -2.03. The Kier molecular flexibility index (Phi) is 5.44. The molecule has 100 valence electrons. The van der Waals surface area contributed by atoms with Crippen LogP contribution in [0.1, 0.15) is 18.9 Å². The average Bonchev–Trinajstić information content (AvgIpc) is 2.45. The highest BCUT2D eigenvalue weighted by Crippen LogP contribution is 2.21. The summed E-state index contributed by atoms with van der Waals surface area (Å²) in [6, 6.07) is 12.0. The molecule has 0 radical (unpaired) electrons. The lowest BCUT2D eigenvalue weighted by atomic mass is 10.2. The minimum atomic E-state index is 0.559. The van der Waals surface area contributed by atoms with Gasteiger partial charge in [-0.3, -0.25) is 0 Å². The predicted molar refractivity (Wildman–Crippen MR) is 86.5 cm³/mol. The monoisotopic (exact) mass is 368 g/mol. The van der Waals surface area contributed by atoms with Gasteiger partial charge in [0, 0.05) is 12.7 Å². The molecule has 1 N–H and O–H groups in total. The van der Waals surface area contributed by atoms with Crippen LogP contribution in [0.3, 0.4) is 0 Å². The Balaban J connectivity index is 1.98. The Bertz CT molecular complexity index is 531. The fraction of sp³-hybridized carbons (Fsp3) is 0.267. The van der Waals surface area contributed by atoms with Crippen LogP contribution in [0, 0.1) is 3.57 Å². The zero-order chi connectivity index (χ0) is 13.5. The molecule has 0 aliphatic heterocycles. The fourth-order valence-electron chi connectivity index (χ4n) is 1.64. The zero-order valence-corrected chi connectivity index (χ0v) is 13.1. The Morgan fingerprint density at radius 1 is 1.26 bits per heavy atom. The molecule has 0 amide bonds. The van der Waals surface area contributed by atoms with Gasteiger partial charge < -0.3 is 10.1 Å². The third kappa shape index (κ3) is 4.38. The first-order valence-electron chi connectivity index (χ1n) is 6.35. The van der Waals surface area contributed by atoms with E-state index < -0.39 is 0 Å². The normalized spacial score (nSPS) is 10.2. The van der Waals surface area contributed by atoms with Crippen molar-refractivity contribution in [1.82, 2.24) is 4.98 Å². The van der Waals surface area contributed by atoms with Crippen LogP contribution in [0.2, 0.25) is 0 Å². The molecule has 0 saturated carbocycles. The van der Waals surface area contributed by atoms with E-state index in [9.17, 15) is 0 Å². The van der Waals surface area contributed by atoms with Crippen LogP contribution in [-0.4, -0.2) is 11.5 Å². The summed E-state index contributed by atoms with van der Waals surface area (Å²) in [6.45, 7) is 3.63. The van der Waals surface area contributed by atoms with Gasteiger partial charge in [-0.2, -0.15) is 0 Å². The molecule has 0 aliphatic rings. The first-order chi connectivity index (χ1) is 9.29. The maximum Gasteiger partial charge on any atom is 0.133 e. The number of anilines is 1. The molecule has 0 spiro atoms. The topological polar surface area (TPSA) is 34.1 Å². The van der Waals surface area contributed by atoms with E-state index in [1.165, 1.54) is 0 Å². The van der Waals surface area contributed by atoms with Crippen molar-refractivity contribution in [1.29, 1.82) is 0 Å². The van der Waals surface area contributed by atoms with Crippen molar-refractivity contribution in [3.05, 3.63) is 51.7 Å². The van der Waals surface area contributed by atoms with Gasteiger partial charge in [-0.15, -0.1) is 0 Å². The van der Waals surface area contributed by atoms with E-state index in [-0.39, 0.29) is 0 Å². The second-order valence-electron chi connectivity index (χ2n) is 4.20. The van der Waals surface area contributed by atoms with Gasteiger partial charge in [-0.25, -0.2) is 4.98 Å². The smallest absolute Gasteiger partial charge is 0.133 e. The number of para-hydroxylation sites is 1. The zero-order valence-electron chi connectivity index (χ0n) is 10.9. The number of nitrogens with zero attached hydrogens (tertiary/aromatic N) is 1. The SMILES string of the molecule is CCCNc1cc(COc2ccccc2I)ccn1. The lowest BCUT2D eigenvalue weighted by molar-refractivity contribution is 0.304.